The van der Waals surface area contributed by atoms with Crippen LogP contribution in [0.2, 0.25) is 0 Å². The van der Waals surface area contributed by atoms with Gasteiger partial charge in [-0.3, -0.25) is 4.79 Å². The third kappa shape index (κ3) is 3.84. The van der Waals surface area contributed by atoms with Crippen LogP contribution in [0, 0.1) is 0 Å². The first-order valence-electron chi connectivity index (χ1n) is 6.45. The van der Waals surface area contributed by atoms with Crippen molar-refractivity contribution in [2.75, 3.05) is 20.6 Å². The van der Waals surface area contributed by atoms with Gasteiger partial charge in [-0.25, -0.2) is 0 Å². The fraction of sp³-hybridized carbons (Fsp3) is 0.533. The average molecular weight is 248 g/mol. The largest absolute Gasteiger partial charge is 0.349 e. The second kappa shape index (κ2) is 6.55. The van der Waals surface area contributed by atoms with Gasteiger partial charge in [-0.05, 0) is 23.6 Å². The highest BCUT2D eigenvalue weighted by Crippen LogP contribution is 2.22. The van der Waals surface area contributed by atoms with Gasteiger partial charge in [-0.15, -0.1) is 0 Å². The molecular formula is C15H24N2O. The van der Waals surface area contributed by atoms with Gasteiger partial charge >= 0.3 is 0 Å². The Morgan fingerprint density at radius 2 is 1.67 bits per heavy atom. The lowest BCUT2D eigenvalue weighted by atomic mass is 9.92. The third-order valence-electron chi connectivity index (χ3n) is 3.28. The Hall–Kier alpha value is -1.35. The number of amides is 1. The van der Waals surface area contributed by atoms with Crippen molar-refractivity contribution >= 4 is 5.91 Å². The molecular weight excluding hydrogens is 224 g/mol. The van der Waals surface area contributed by atoms with Crippen molar-refractivity contribution in [1.29, 1.82) is 0 Å². The molecule has 1 aromatic carbocycles. The van der Waals surface area contributed by atoms with E-state index in [1.165, 1.54) is 5.56 Å². The van der Waals surface area contributed by atoms with Crippen LogP contribution in [0.1, 0.15) is 43.2 Å². The molecule has 0 bridgehead atoms. The van der Waals surface area contributed by atoms with E-state index in [-0.39, 0.29) is 11.8 Å². The lowest BCUT2D eigenvalue weighted by molar-refractivity contribution is -0.129. The number of carbonyl (C=O) groups excluding carboxylic acids is 1. The molecule has 1 unspecified atom stereocenters. The van der Waals surface area contributed by atoms with E-state index in [9.17, 15) is 4.79 Å². The Balaban J connectivity index is 2.79. The fourth-order valence-corrected chi connectivity index (χ4v) is 1.88. The maximum Gasteiger partial charge on any atom is 0.222 e. The second-order valence-electron chi connectivity index (χ2n) is 5.25. The molecule has 0 fully saturated rings. The summed E-state index contributed by atoms with van der Waals surface area (Å²) in [6.45, 7) is 4.84. The number of rotatable bonds is 5. The summed E-state index contributed by atoms with van der Waals surface area (Å²) < 4.78 is 0. The molecule has 0 spiro atoms. The van der Waals surface area contributed by atoms with Crippen LogP contribution in [0.3, 0.4) is 0 Å². The summed E-state index contributed by atoms with van der Waals surface area (Å²) in [5.74, 6) is 0.762. The standard InChI is InChI=1S/C15H24N2O/c1-11(2)12-5-7-13(8-6-12)14(10-16)9-15(18)17(3)4/h5-8,11,14H,9-10,16H2,1-4H3. The Kier molecular flexibility index (Phi) is 5.35. The van der Waals surface area contributed by atoms with Gasteiger partial charge in [0.15, 0.2) is 0 Å². The minimum atomic E-state index is 0.112. The quantitative estimate of drug-likeness (QED) is 0.869. The Morgan fingerprint density at radius 1 is 1.17 bits per heavy atom. The summed E-state index contributed by atoms with van der Waals surface area (Å²) in [5.41, 5.74) is 8.24. The number of benzene rings is 1. The number of nitrogens with two attached hydrogens (primary N) is 1. The topological polar surface area (TPSA) is 46.3 Å². The van der Waals surface area contributed by atoms with Gasteiger partial charge in [0.1, 0.15) is 0 Å². The van der Waals surface area contributed by atoms with E-state index in [4.69, 9.17) is 5.73 Å². The lowest BCUT2D eigenvalue weighted by Gasteiger charge is -2.18. The predicted octanol–water partition coefficient (Wildman–Crippen LogP) is 2.33. The summed E-state index contributed by atoms with van der Waals surface area (Å²) in [6.07, 6.45) is 0.477. The SMILES string of the molecule is CC(C)c1ccc(C(CN)CC(=O)N(C)C)cc1. The van der Waals surface area contributed by atoms with Crippen molar-refractivity contribution in [2.24, 2.45) is 5.73 Å². The van der Waals surface area contributed by atoms with Crippen LogP contribution in [0.4, 0.5) is 0 Å². The van der Waals surface area contributed by atoms with Crippen molar-refractivity contribution in [3.05, 3.63) is 35.4 Å². The van der Waals surface area contributed by atoms with Crippen molar-refractivity contribution in [2.45, 2.75) is 32.1 Å². The Labute approximate surface area is 110 Å². The van der Waals surface area contributed by atoms with E-state index in [0.717, 1.165) is 5.56 Å². The molecule has 1 rings (SSSR count). The van der Waals surface area contributed by atoms with Crippen LogP contribution >= 0.6 is 0 Å². The summed E-state index contributed by atoms with van der Waals surface area (Å²) in [7, 11) is 3.55. The van der Waals surface area contributed by atoms with Crippen LogP contribution in [-0.4, -0.2) is 31.4 Å². The van der Waals surface area contributed by atoms with Gasteiger partial charge in [-0.2, -0.15) is 0 Å². The molecule has 1 aromatic rings. The van der Waals surface area contributed by atoms with Crippen LogP contribution in [0.15, 0.2) is 24.3 Å². The van der Waals surface area contributed by atoms with Crippen LogP contribution in [0.5, 0.6) is 0 Å². The van der Waals surface area contributed by atoms with Gasteiger partial charge in [0, 0.05) is 26.4 Å². The molecule has 0 aromatic heterocycles. The van der Waals surface area contributed by atoms with Gasteiger partial charge in [0.05, 0.1) is 0 Å². The number of carbonyl (C=O) groups is 1. The molecule has 0 aliphatic rings. The van der Waals surface area contributed by atoms with Crippen molar-refractivity contribution in [3.63, 3.8) is 0 Å². The maximum absolute atomic E-state index is 11.7. The van der Waals surface area contributed by atoms with E-state index >= 15 is 0 Å². The van der Waals surface area contributed by atoms with E-state index in [1.54, 1.807) is 19.0 Å². The minimum absolute atomic E-state index is 0.112. The fourth-order valence-electron chi connectivity index (χ4n) is 1.88. The van der Waals surface area contributed by atoms with Gasteiger partial charge in [-0.1, -0.05) is 38.1 Å². The molecule has 0 aliphatic carbocycles. The molecule has 2 N–H and O–H groups in total. The zero-order chi connectivity index (χ0) is 13.7. The molecule has 1 amide bonds. The van der Waals surface area contributed by atoms with Crippen LogP contribution in [0.25, 0.3) is 0 Å². The molecule has 18 heavy (non-hydrogen) atoms. The number of hydrogen-bond donors (Lipinski definition) is 1. The van der Waals surface area contributed by atoms with Gasteiger partial charge in [0.25, 0.3) is 0 Å². The minimum Gasteiger partial charge on any atom is -0.349 e. The van der Waals surface area contributed by atoms with Crippen LogP contribution in [-0.2, 0) is 4.79 Å². The summed E-state index contributed by atoms with van der Waals surface area (Å²) in [6, 6.07) is 8.44. The molecule has 0 saturated carbocycles. The summed E-state index contributed by atoms with van der Waals surface area (Å²) >= 11 is 0. The Bertz CT molecular complexity index is 382. The molecule has 0 aliphatic heterocycles. The normalized spacial score (nSPS) is 12.6. The predicted molar refractivity (Wildman–Crippen MR) is 75.6 cm³/mol. The first kappa shape index (κ1) is 14.7. The van der Waals surface area contributed by atoms with E-state index in [2.05, 4.69) is 38.1 Å². The molecule has 0 heterocycles. The molecule has 3 heteroatoms. The lowest BCUT2D eigenvalue weighted by Crippen LogP contribution is -2.26. The summed E-state index contributed by atoms with van der Waals surface area (Å²) in [5, 5.41) is 0. The zero-order valence-corrected chi connectivity index (χ0v) is 11.8. The molecule has 3 nitrogen and oxygen atoms in total. The average Bonchev–Trinajstić information content (AvgIpc) is 2.35. The maximum atomic E-state index is 11.7. The first-order valence-corrected chi connectivity index (χ1v) is 6.45. The van der Waals surface area contributed by atoms with Crippen LogP contribution < -0.4 is 5.73 Å². The highest BCUT2D eigenvalue weighted by Gasteiger charge is 2.15. The van der Waals surface area contributed by atoms with E-state index in [1.807, 2.05) is 0 Å². The summed E-state index contributed by atoms with van der Waals surface area (Å²) in [4.78, 5) is 13.3. The monoisotopic (exact) mass is 248 g/mol. The van der Waals surface area contributed by atoms with E-state index in [0.29, 0.717) is 18.9 Å². The molecule has 100 valence electrons. The van der Waals surface area contributed by atoms with Crippen molar-refractivity contribution < 1.29 is 4.79 Å². The zero-order valence-electron chi connectivity index (χ0n) is 11.8. The van der Waals surface area contributed by atoms with Gasteiger partial charge < -0.3 is 10.6 Å². The third-order valence-corrected chi connectivity index (χ3v) is 3.28. The number of nitrogens with zero attached hydrogens (tertiary/aromatic N) is 1. The highest BCUT2D eigenvalue weighted by atomic mass is 16.2. The van der Waals surface area contributed by atoms with Crippen molar-refractivity contribution in [1.82, 2.24) is 4.90 Å². The molecule has 0 radical (unpaired) electrons. The first-order chi connectivity index (χ1) is 8.45. The smallest absolute Gasteiger partial charge is 0.222 e. The van der Waals surface area contributed by atoms with Crippen molar-refractivity contribution in [3.8, 4) is 0 Å². The molecule has 0 saturated heterocycles. The second-order valence-corrected chi connectivity index (χ2v) is 5.25. The number of hydrogen-bond acceptors (Lipinski definition) is 2. The highest BCUT2D eigenvalue weighted by molar-refractivity contribution is 5.76. The van der Waals surface area contributed by atoms with Gasteiger partial charge in [0.2, 0.25) is 5.91 Å². The molecule has 1 atom stereocenters. The van der Waals surface area contributed by atoms with E-state index < -0.39 is 0 Å². The Morgan fingerprint density at radius 3 is 2.06 bits per heavy atom.